The van der Waals surface area contributed by atoms with Crippen molar-refractivity contribution in [2.24, 2.45) is 5.92 Å². The first-order valence-corrected chi connectivity index (χ1v) is 6.19. The summed E-state index contributed by atoms with van der Waals surface area (Å²) in [6, 6.07) is 0. The summed E-state index contributed by atoms with van der Waals surface area (Å²) in [7, 11) is 0. The number of carbonyl (C=O) groups is 1. The number of nitrogens with zero attached hydrogens (tertiary/aromatic N) is 1. The van der Waals surface area contributed by atoms with Gasteiger partial charge in [-0.3, -0.25) is 10.1 Å². The third-order valence-corrected chi connectivity index (χ3v) is 3.56. The van der Waals surface area contributed by atoms with Gasteiger partial charge in [0.1, 0.15) is 0 Å². The van der Waals surface area contributed by atoms with E-state index in [0.29, 0.717) is 11.8 Å². The van der Waals surface area contributed by atoms with Crippen LogP contribution in [0.2, 0.25) is 0 Å². The van der Waals surface area contributed by atoms with E-state index in [1.807, 2.05) is 0 Å². The Morgan fingerprint density at radius 2 is 2.20 bits per heavy atom. The quantitative estimate of drug-likeness (QED) is 0.766. The van der Waals surface area contributed by atoms with Crippen LogP contribution in [0.4, 0.5) is 0 Å². The summed E-state index contributed by atoms with van der Waals surface area (Å²) < 4.78 is 0. The molecule has 1 aliphatic carbocycles. The van der Waals surface area contributed by atoms with Gasteiger partial charge in [0.15, 0.2) is 0 Å². The lowest BCUT2D eigenvalue weighted by molar-refractivity contribution is -0.131. The highest BCUT2D eigenvalue weighted by Crippen LogP contribution is 2.43. The Morgan fingerprint density at radius 1 is 1.53 bits per heavy atom. The van der Waals surface area contributed by atoms with Crippen molar-refractivity contribution in [2.75, 3.05) is 6.54 Å². The van der Waals surface area contributed by atoms with Crippen LogP contribution >= 0.6 is 0 Å². The first kappa shape index (κ1) is 10.9. The van der Waals surface area contributed by atoms with E-state index >= 15 is 0 Å². The van der Waals surface area contributed by atoms with E-state index in [9.17, 15) is 4.79 Å². The van der Waals surface area contributed by atoms with Crippen molar-refractivity contribution in [1.82, 2.24) is 10.2 Å². The van der Waals surface area contributed by atoms with Gasteiger partial charge in [-0.25, -0.2) is 0 Å². The van der Waals surface area contributed by atoms with Gasteiger partial charge in [-0.05, 0) is 25.2 Å². The van der Waals surface area contributed by atoms with Gasteiger partial charge in [0.25, 0.3) is 0 Å². The van der Waals surface area contributed by atoms with E-state index < -0.39 is 0 Å². The van der Waals surface area contributed by atoms with Crippen LogP contribution in [-0.2, 0) is 4.79 Å². The lowest BCUT2D eigenvalue weighted by Gasteiger charge is -2.27. The van der Waals surface area contributed by atoms with Crippen LogP contribution in [0.15, 0.2) is 0 Å². The maximum atomic E-state index is 12.2. The molecule has 2 rings (SSSR count). The molecule has 1 aliphatic heterocycles. The Hall–Kier alpha value is -0.570. The number of amides is 1. The van der Waals surface area contributed by atoms with Gasteiger partial charge in [-0.1, -0.05) is 27.2 Å². The summed E-state index contributed by atoms with van der Waals surface area (Å²) in [5, 5.41) is 3.53. The Bertz CT molecular complexity index is 258. The zero-order valence-corrected chi connectivity index (χ0v) is 10.0. The molecule has 0 aromatic heterocycles. The fourth-order valence-electron chi connectivity index (χ4n) is 2.40. The molecule has 1 N–H and O–H groups in total. The van der Waals surface area contributed by atoms with E-state index in [1.165, 1.54) is 0 Å². The highest BCUT2D eigenvalue weighted by atomic mass is 16.2. The molecule has 2 aliphatic rings. The predicted molar refractivity (Wildman–Crippen MR) is 60.3 cm³/mol. The third kappa shape index (κ3) is 1.78. The minimum absolute atomic E-state index is 0.136. The summed E-state index contributed by atoms with van der Waals surface area (Å²) in [6.07, 6.45) is 4.62. The average molecular weight is 210 g/mol. The minimum Gasteiger partial charge on any atom is -0.325 e. The highest BCUT2D eigenvalue weighted by Gasteiger charge is 2.59. The molecule has 2 fully saturated rings. The molecular formula is C12H22N2O. The molecule has 86 valence electrons. The molecule has 1 saturated heterocycles. The molecule has 15 heavy (non-hydrogen) atoms. The maximum Gasteiger partial charge on any atom is 0.244 e. The van der Waals surface area contributed by atoms with Crippen LogP contribution < -0.4 is 5.32 Å². The Labute approximate surface area is 92.2 Å². The van der Waals surface area contributed by atoms with E-state index in [0.717, 1.165) is 32.2 Å². The predicted octanol–water partition coefficient (Wildman–Crippen LogP) is 1.73. The second-order valence-corrected chi connectivity index (χ2v) is 5.27. The highest BCUT2D eigenvalue weighted by molar-refractivity contribution is 5.91. The Kier molecular flexibility index (Phi) is 2.75. The van der Waals surface area contributed by atoms with E-state index in [2.05, 4.69) is 31.0 Å². The third-order valence-electron chi connectivity index (χ3n) is 3.56. The molecule has 1 spiro atoms. The standard InChI is InChI=1S/C12H22N2O/c1-4-5-8-14-10(9(2)3)13-12(6-7-12)11(14)15/h9-10,13H,4-8H2,1-3H3. The van der Waals surface area contributed by atoms with Crippen LogP contribution in [0.25, 0.3) is 0 Å². The van der Waals surface area contributed by atoms with Crippen LogP contribution in [0.5, 0.6) is 0 Å². The van der Waals surface area contributed by atoms with Gasteiger partial charge in [0.2, 0.25) is 5.91 Å². The first-order valence-electron chi connectivity index (χ1n) is 6.19. The zero-order valence-electron chi connectivity index (χ0n) is 10.0. The molecule has 1 saturated carbocycles. The molecule has 1 heterocycles. The molecule has 1 unspecified atom stereocenters. The second kappa shape index (κ2) is 3.78. The molecule has 3 nitrogen and oxygen atoms in total. The topological polar surface area (TPSA) is 32.3 Å². The molecule has 0 aromatic rings. The molecule has 3 heteroatoms. The van der Waals surface area contributed by atoms with Gasteiger partial charge in [0, 0.05) is 6.54 Å². The summed E-state index contributed by atoms with van der Waals surface area (Å²) in [6.45, 7) is 7.47. The van der Waals surface area contributed by atoms with E-state index in [4.69, 9.17) is 0 Å². The summed E-state index contributed by atoms with van der Waals surface area (Å²) in [4.78, 5) is 14.2. The number of carbonyl (C=O) groups excluding carboxylic acids is 1. The number of unbranched alkanes of at least 4 members (excludes halogenated alkanes) is 1. The van der Waals surface area contributed by atoms with Crippen molar-refractivity contribution < 1.29 is 4.79 Å². The van der Waals surface area contributed by atoms with Gasteiger partial charge < -0.3 is 4.90 Å². The van der Waals surface area contributed by atoms with Crippen molar-refractivity contribution in [1.29, 1.82) is 0 Å². The van der Waals surface area contributed by atoms with Crippen molar-refractivity contribution in [3.63, 3.8) is 0 Å². The Morgan fingerprint density at radius 3 is 2.67 bits per heavy atom. The van der Waals surface area contributed by atoms with Crippen molar-refractivity contribution >= 4 is 5.91 Å². The van der Waals surface area contributed by atoms with Crippen LogP contribution in [0, 0.1) is 5.92 Å². The molecular weight excluding hydrogens is 188 g/mol. The summed E-state index contributed by atoms with van der Waals surface area (Å²) in [5.74, 6) is 0.862. The van der Waals surface area contributed by atoms with Gasteiger partial charge in [0.05, 0.1) is 11.7 Å². The zero-order chi connectivity index (χ0) is 11.1. The Balaban J connectivity index is 2.06. The normalized spacial score (nSPS) is 28.1. The lowest BCUT2D eigenvalue weighted by atomic mass is 10.1. The van der Waals surface area contributed by atoms with Crippen molar-refractivity contribution in [3.05, 3.63) is 0 Å². The number of hydrogen-bond donors (Lipinski definition) is 1. The monoisotopic (exact) mass is 210 g/mol. The molecule has 0 radical (unpaired) electrons. The number of hydrogen-bond acceptors (Lipinski definition) is 2. The van der Waals surface area contributed by atoms with Crippen LogP contribution in [0.3, 0.4) is 0 Å². The lowest BCUT2D eigenvalue weighted by Crippen LogP contribution is -2.42. The van der Waals surface area contributed by atoms with E-state index in [1.54, 1.807) is 0 Å². The average Bonchev–Trinajstić information content (AvgIpc) is 2.91. The first-order chi connectivity index (χ1) is 7.10. The maximum absolute atomic E-state index is 12.2. The molecule has 0 bridgehead atoms. The smallest absolute Gasteiger partial charge is 0.244 e. The van der Waals surface area contributed by atoms with Crippen LogP contribution in [-0.4, -0.2) is 29.1 Å². The molecule has 0 aromatic carbocycles. The summed E-state index contributed by atoms with van der Waals surface area (Å²) >= 11 is 0. The summed E-state index contributed by atoms with van der Waals surface area (Å²) in [5.41, 5.74) is -0.136. The fraction of sp³-hybridized carbons (Fsp3) is 0.917. The largest absolute Gasteiger partial charge is 0.325 e. The SMILES string of the molecule is CCCCN1C(=O)C2(CC2)NC1C(C)C. The van der Waals surface area contributed by atoms with E-state index in [-0.39, 0.29) is 11.7 Å². The van der Waals surface area contributed by atoms with Gasteiger partial charge in [-0.15, -0.1) is 0 Å². The minimum atomic E-state index is -0.136. The molecule has 1 atom stereocenters. The van der Waals surface area contributed by atoms with Gasteiger partial charge >= 0.3 is 0 Å². The van der Waals surface area contributed by atoms with Crippen molar-refractivity contribution in [3.8, 4) is 0 Å². The fourth-order valence-corrected chi connectivity index (χ4v) is 2.40. The molecule has 1 amide bonds. The second-order valence-electron chi connectivity index (χ2n) is 5.27. The van der Waals surface area contributed by atoms with Crippen LogP contribution in [0.1, 0.15) is 46.5 Å². The van der Waals surface area contributed by atoms with Crippen molar-refractivity contribution in [2.45, 2.75) is 58.2 Å². The number of rotatable bonds is 4. The number of nitrogens with one attached hydrogen (secondary N) is 1. The van der Waals surface area contributed by atoms with Gasteiger partial charge in [-0.2, -0.15) is 0 Å².